The van der Waals surface area contributed by atoms with E-state index in [0.29, 0.717) is 5.25 Å². The number of anilines is 1. The highest BCUT2D eigenvalue weighted by atomic mass is 79.9. The summed E-state index contributed by atoms with van der Waals surface area (Å²) in [5.74, 6) is 1.21. The molecule has 0 aliphatic carbocycles. The Morgan fingerprint density at radius 3 is 3.00 bits per heavy atom. The van der Waals surface area contributed by atoms with Crippen LogP contribution < -0.4 is 10.6 Å². The first-order chi connectivity index (χ1) is 8.56. The van der Waals surface area contributed by atoms with Crippen molar-refractivity contribution in [2.75, 3.05) is 23.7 Å². The fraction of sp³-hybridized carbons (Fsp3) is 0.571. The normalized spacial score (nSPS) is 22.0. The number of hydrogen-bond donors (Lipinski definition) is 1. The molecule has 0 saturated carbocycles. The highest BCUT2D eigenvalue weighted by Gasteiger charge is 2.19. The van der Waals surface area contributed by atoms with Gasteiger partial charge in [-0.25, -0.2) is 0 Å². The second-order valence-corrected chi connectivity index (χ2v) is 7.54. The Morgan fingerprint density at radius 1 is 1.56 bits per heavy atom. The van der Waals surface area contributed by atoms with Crippen molar-refractivity contribution in [3.05, 3.63) is 28.2 Å². The summed E-state index contributed by atoms with van der Waals surface area (Å²) < 4.78 is 1.15. The quantitative estimate of drug-likeness (QED) is 0.923. The number of halogens is 1. The summed E-state index contributed by atoms with van der Waals surface area (Å²) in [5.41, 5.74) is 8.68. The van der Waals surface area contributed by atoms with Gasteiger partial charge in [-0.2, -0.15) is 11.8 Å². The summed E-state index contributed by atoms with van der Waals surface area (Å²) >= 11 is 5.64. The SMILES string of the molecule is CC(N)Cc1ccc(Br)cc1N1CCSC(C)C1. The molecule has 1 heterocycles. The van der Waals surface area contributed by atoms with Gasteiger partial charge in [0.05, 0.1) is 0 Å². The van der Waals surface area contributed by atoms with Crippen LogP contribution in [0.1, 0.15) is 19.4 Å². The number of thioether (sulfide) groups is 1. The van der Waals surface area contributed by atoms with E-state index in [1.54, 1.807) is 0 Å². The van der Waals surface area contributed by atoms with E-state index in [1.165, 1.54) is 17.0 Å². The maximum Gasteiger partial charge on any atom is 0.0411 e. The van der Waals surface area contributed by atoms with Gasteiger partial charge in [0.1, 0.15) is 0 Å². The average Bonchev–Trinajstić information content (AvgIpc) is 2.31. The molecule has 0 aromatic heterocycles. The van der Waals surface area contributed by atoms with Crippen LogP contribution in [0.5, 0.6) is 0 Å². The standard InChI is InChI=1S/C14H21BrN2S/c1-10(16)7-12-3-4-13(15)8-14(12)17-5-6-18-11(2)9-17/h3-4,8,10-11H,5-7,9,16H2,1-2H3. The predicted molar refractivity (Wildman–Crippen MR) is 85.6 cm³/mol. The average molecular weight is 329 g/mol. The summed E-state index contributed by atoms with van der Waals surface area (Å²) in [6, 6.07) is 6.76. The third-order valence-corrected chi connectivity index (χ3v) is 4.80. The third kappa shape index (κ3) is 3.65. The molecule has 18 heavy (non-hydrogen) atoms. The van der Waals surface area contributed by atoms with Crippen LogP contribution in [0.3, 0.4) is 0 Å². The van der Waals surface area contributed by atoms with Crippen LogP contribution in [-0.2, 0) is 6.42 Å². The van der Waals surface area contributed by atoms with Gasteiger partial charge < -0.3 is 10.6 Å². The van der Waals surface area contributed by atoms with Crippen molar-refractivity contribution in [2.24, 2.45) is 5.73 Å². The second kappa shape index (κ2) is 6.31. The molecule has 2 rings (SSSR count). The Morgan fingerprint density at radius 2 is 2.33 bits per heavy atom. The largest absolute Gasteiger partial charge is 0.369 e. The highest BCUT2D eigenvalue weighted by molar-refractivity contribution is 9.10. The van der Waals surface area contributed by atoms with Crippen molar-refractivity contribution in [3.8, 4) is 0 Å². The molecular formula is C14H21BrN2S. The molecule has 1 saturated heterocycles. The van der Waals surface area contributed by atoms with Crippen molar-refractivity contribution in [3.63, 3.8) is 0 Å². The van der Waals surface area contributed by atoms with Gasteiger partial charge in [0.25, 0.3) is 0 Å². The Balaban J connectivity index is 2.26. The molecule has 100 valence electrons. The van der Waals surface area contributed by atoms with E-state index in [4.69, 9.17) is 5.73 Å². The molecule has 1 aromatic rings. The Labute approximate surface area is 122 Å². The molecule has 2 unspecified atom stereocenters. The number of rotatable bonds is 3. The Bertz CT molecular complexity index is 409. The van der Waals surface area contributed by atoms with Crippen molar-refractivity contribution < 1.29 is 0 Å². The lowest BCUT2D eigenvalue weighted by atomic mass is 10.0. The van der Waals surface area contributed by atoms with Gasteiger partial charge in [0.15, 0.2) is 0 Å². The molecule has 0 radical (unpaired) electrons. The number of benzene rings is 1. The zero-order chi connectivity index (χ0) is 13.1. The second-order valence-electron chi connectivity index (χ2n) is 5.08. The fourth-order valence-electron chi connectivity index (χ4n) is 2.39. The van der Waals surface area contributed by atoms with Crippen molar-refractivity contribution in [1.29, 1.82) is 0 Å². The molecule has 0 bridgehead atoms. The van der Waals surface area contributed by atoms with E-state index in [0.717, 1.165) is 24.0 Å². The first-order valence-corrected chi connectivity index (χ1v) is 8.31. The molecule has 0 spiro atoms. The first-order valence-electron chi connectivity index (χ1n) is 6.47. The van der Waals surface area contributed by atoms with Gasteiger partial charge in [0, 0.05) is 40.3 Å². The van der Waals surface area contributed by atoms with Crippen molar-refractivity contribution in [2.45, 2.75) is 31.6 Å². The molecule has 0 amide bonds. The molecule has 1 aliphatic rings. The van der Waals surface area contributed by atoms with Gasteiger partial charge in [-0.1, -0.05) is 28.9 Å². The molecule has 2 N–H and O–H groups in total. The lowest BCUT2D eigenvalue weighted by Crippen LogP contribution is -2.37. The third-order valence-electron chi connectivity index (χ3n) is 3.17. The van der Waals surface area contributed by atoms with Crippen molar-refractivity contribution >= 4 is 33.4 Å². The van der Waals surface area contributed by atoms with Crippen LogP contribution >= 0.6 is 27.7 Å². The summed E-state index contributed by atoms with van der Waals surface area (Å²) in [6.07, 6.45) is 0.945. The van der Waals surface area contributed by atoms with Crippen LogP contribution in [0.2, 0.25) is 0 Å². The van der Waals surface area contributed by atoms with E-state index in [2.05, 4.69) is 64.6 Å². The zero-order valence-electron chi connectivity index (χ0n) is 11.0. The van der Waals surface area contributed by atoms with E-state index in [9.17, 15) is 0 Å². The summed E-state index contributed by atoms with van der Waals surface area (Å²) in [7, 11) is 0. The summed E-state index contributed by atoms with van der Waals surface area (Å²) in [4.78, 5) is 2.50. The van der Waals surface area contributed by atoms with Crippen LogP contribution in [0, 0.1) is 0 Å². The van der Waals surface area contributed by atoms with Gasteiger partial charge in [0.2, 0.25) is 0 Å². The van der Waals surface area contributed by atoms with Crippen LogP contribution in [0.4, 0.5) is 5.69 Å². The lowest BCUT2D eigenvalue weighted by molar-refractivity contribution is 0.724. The molecule has 1 aliphatic heterocycles. The molecule has 1 fully saturated rings. The number of hydrogen-bond acceptors (Lipinski definition) is 3. The molecule has 4 heteroatoms. The summed E-state index contributed by atoms with van der Waals surface area (Å²) in [6.45, 7) is 6.64. The fourth-order valence-corrected chi connectivity index (χ4v) is 3.75. The monoisotopic (exact) mass is 328 g/mol. The van der Waals surface area contributed by atoms with Crippen LogP contribution in [0.25, 0.3) is 0 Å². The minimum atomic E-state index is 0.210. The van der Waals surface area contributed by atoms with Crippen LogP contribution in [0.15, 0.2) is 22.7 Å². The topological polar surface area (TPSA) is 29.3 Å². The minimum absolute atomic E-state index is 0.210. The zero-order valence-corrected chi connectivity index (χ0v) is 13.4. The number of nitrogens with zero attached hydrogens (tertiary/aromatic N) is 1. The van der Waals surface area contributed by atoms with E-state index in [1.807, 2.05) is 0 Å². The maximum absolute atomic E-state index is 5.95. The lowest BCUT2D eigenvalue weighted by Gasteiger charge is -2.34. The molecule has 2 atom stereocenters. The summed E-state index contributed by atoms with van der Waals surface area (Å²) in [5, 5.41) is 0.709. The van der Waals surface area contributed by atoms with E-state index in [-0.39, 0.29) is 6.04 Å². The van der Waals surface area contributed by atoms with Gasteiger partial charge in [-0.05, 0) is 31.0 Å². The predicted octanol–water partition coefficient (Wildman–Crippen LogP) is 3.28. The number of nitrogens with two attached hydrogens (primary N) is 1. The maximum atomic E-state index is 5.95. The Hall–Kier alpha value is -0.190. The Kier molecular flexibility index (Phi) is 4.98. The van der Waals surface area contributed by atoms with Crippen molar-refractivity contribution in [1.82, 2.24) is 0 Å². The van der Waals surface area contributed by atoms with E-state index < -0.39 is 0 Å². The first kappa shape index (κ1) is 14.2. The van der Waals surface area contributed by atoms with Gasteiger partial charge >= 0.3 is 0 Å². The molecule has 1 aromatic carbocycles. The van der Waals surface area contributed by atoms with Gasteiger partial charge in [-0.15, -0.1) is 0 Å². The smallest absolute Gasteiger partial charge is 0.0411 e. The van der Waals surface area contributed by atoms with Gasteiger partial charge in [-0.3, -0.25) is 0 Å². The minimum Gasteiger partial charge on any atom is -0.369 e. The molecule has 2 nitrogen and oxygen atoms in total. The van der Waals surface area contributed by atoms with Crippen LogP contribution in [-0.4, -0.2) is 30.1 Å². The highest BCUT2D eigenvalue weighted by Crippen LogP contribution is 2.30. The van der Waals surface area contributed by atoms with E-state index >= 15 is 0 Å². The molecular weight excluding hydrogens is 308 g/mol.